The van der Waals surface area contributed by atoms with Gasteiger partial charge < -0.3 is 4.90 Å². The second-order valence-electron chi connectivity index (χ2n) is 7.14. The van der Waals surface area contributed by atoms with Gasteiger partial charge in [0.2, 0.25) is 0 Å². The number of nitrogens with zero attached hydrogens (tertiary/aromatic N) is 2. The third-order valence-electron chi connectivity index (χ3n) is 5.07. The molecule has 2 atom stereocenters. The normalized spacial score (nSPS) is 16.9. The molecule has 1 aromatic rings. The summed E-state index contributed by atoms with van der Waals surface area (Å²) < 4.78 is 0. The van der Waals surface area contributed by atoms with E-state index >= 15 is 0 Å². The van der Waals surface area contributed by atoms with Crippen LogP contribution in [0.5, 0.6) is 0 Å². The molecule has 0 N–H and O–H groups in total. The van der Waals surface area contributed by atoms with Gasteiger partial charge in [-0.2, -0.15) is 5.26 Å². The van der Waals surface area contributed by atoms with Crippen molar-refractivity contribution >= 4 is 5.69 Å². The number of para-hydroxylation sites is 1. The molecule has 1 aliphatic rings. The molecule has 0 heterocycles. The summed E-state index contributed by atoms with van der Waals surface area (Å²) in [7, 11) is 0. The Hall–Kier alpha value is -3.05. The van der Waals surface area contributed by atoms with E-state index in [0.29, 0.717) is 0 Å². The van der Waals surface area contributed by atoms with Crippen LogP contribution in [0.15, 0.2) is 103 Å². The van der Waals surface area contributed by atoms with Crippen molar-refractivity contribution in [1.82, 2.24) is 0 Å². The zero-order valence-electron chi connectivity index (χ0n) is 16.8. The van der Waals surface area contributed by atoms with Crippen LogP contribution in [0.25, 0.3) is 0 Å². The summed E-state index contributed by atoms with van der Waals surface area (Å²) in [6, 6.07) is 12.8. The van der Waals surface area contributed by atoms with Gasteiger partial charge in [-0.15, -0.1) is 6.58 Å². The molecule has 2 unspecified atom stereocenters. The molecule has 0 aromatic heterocycles. The molecule has 2 heteroatoms. The summed E-state index contributed by atoms with van der Waals surface area (Å²) in [4.78, 5) is 2.32. The minimum atomic E-state index is 0.200. The van der Waals surface area contributed by atoms with E-state index < -0.39 is 0 Å². The first-order valence-corrected chi connectivity index (χ1v) is 9.82. The molecule has 0 radical (unpaired) electrons. The Morgan fingerprint density at radius 3 is 2.64 bits per heavy atom. The van der Waals surface area contributed by atoms with E-state index in [4.69, 9.17) is 5.26 Å². The van der Waals surface area contributed by atoms with Crippen LogP contribution in [-0.4, -0.2) is 6.04 Å². The lowest BCUT2D eigenvalue weighted by Crippen LogP contribution is -2.34. The first kappa shape index (κ1) is 21.3. The third-order valence-corrected chi connectivity index (χ3v) is 5.07. The maximum Gasteiger partial charge on any atom is 0.0915 e. The van der Waals surface area contributed by atoms with Gasteiger partial charge in [-0.05, 0) is 54.9 Å². The molecule has 0 aliphatic heterocycles. The lowest BCUT2D eigenvalue weighted by atomic mass is 9.88. The maximum absolute atomic E-state index is 9.12. The summed E-state index contributed by atoms with van der Waals surface area (Å²) in [6.45, 7) is 14.6. The molecule has 0 spiro atoms. The molecule has 2 nitrogen and oxygen atoms in total. The van der Waals surface area contributed by atoms with Crippen LogP contribution in [0.1, 0.15) is 32.6 Å². The van der Waals surface area contributed by atoms with Crippen LogP contribution in [0.3, 0.4) is 0 Å². The average Bonchev–Trinajstić information content (AvgIpc) is 2.72. The number of anilines is 1. The van der Waals surface area contributed by atoms with Crippen molar-refractivity contribution in [2.45, 2.75) is 38.6 Å². The smallest absolute Gasteiger partial charge is 0.0915 e. The Morgan fingerprint density at radius 2 is 2.04 bits per heavy atom. The highest BCUT2D eigenvalue weighted by Gasteiger charge is 2.22. The predicted octanol–water partition coefficient (Wildman–Crippen LogP) is 6.89. The monoisotopic (exact) mass is 370 g/mol. The van der Waals surface area contributed by atoms with Crippen molar-refractivity contribution in [3.05, 3.63) is 103 Å². The van der Waals surface area contributed by atoms with Crippen molar-refractivity contribution < 1.29 is 0 Å². The minimum Gasteiger partial charge on any atom is -0.338 e. The van der Waals surface area contributed by atoms with E-state index in [-0.39, 0.29) is 12.0 Å². The van der Waals surface area contributed by atoms with Crippen molar-refractivity contribution in [3.8, 4) is 6.07 Å². The van der Waals surface area contributed by atoms with Gasteiger partial charge in [0.25, 0.3) is 0 Å². The van der Waals surface area contributed by atoms with E-state index in [0.717, 1.165) is 48.2 Å². The standard InChI is InChI=1S/C26H30N2/c1-5-6-13-24(18-19-27)23(4)21(2)20-22(3)28(25-14-9-7-10-15-25)26-16-11-8-12-17-26/h5,7-12,14-16,18,21,26H,1,3-4,6,13,17,20H2,2H3/b24-18-. The molecule has 1 aromatic carbocycles. The SMILES string of the molecule is C=CCC/C(=C/C#N)C(=C)C(C)CC(=C)N(c1ccccc1)C1C=CC=CC1. The Labute approximate surface area is 170 Å². The van der Waals surface area contributed by atoms with Crippen molar-refractivity contribution in [2.24, 2.45) is 5.92 Å². The first-order valence-electron chi connectivity index (χ1n) is 9.82. The van der Waals surface area contributed by atoms with Gasteiger partial charge in [0.05, 0.1) is 12.1 Å². The number of hydrogen-bond acceptors (Lipinski definition) is 2. The highest BCUT2D eigenvalue weighted by atomic mass is 15.2. The van der Waals surface area contributed by atoms with Gasteiger partial charge in [0.1, 0.15) is 0 Å². The maximum atomic E-state index is 9.12. The molecule has 0 saturated heterocycles. The van der Waals surface area contributed by atoms with E-state index in [2.05, 4.69) is 86.2 Å². The summed E-state index contributed by atoms with van der Waals surface area (Å²) >= 11 is 0. The van der Waals surface area contributed by atoms with Gasteiger partial charge in [-0.3, -0.25) is 0 Å². The van der Waals surface area contributed by atoms with Crippen LogP contribution < -0.4 is 4.90 Å². The topological polar surface area (TPSA) is 27.0 Å². The summed E-state index contributed by atoms with van der Waals surface area (Å²) in [5.41, 5.74) is 4.23. The second-order valence-corrected chi connectivity index (χ2v) is 7.14. The van der Waals surface area contributed by atoms with Crippen LogP contribution in [0.2, 0.25) is 0 Å². The largest absolute Gasteiger partial charge is 0.338 e. The lowest BCUT2D eigenvalue weighted by molar-refractivity contribution is 0.632. The summed E-state index contributed by atoms with van der Waals surface area (Å²) in [5.74, 6) is 0.200. The van der Waals surface area contributed by atoms with E-state index in [9.17, 15) is 0 Å². The molecule has 0 bridgehead atoms. The zero-order chi connectivity index (χ0) is 20.4. The van der Waals surface area contributed by atoms with Crippen molar-refractivity contribution in [3.63, 3.8) is 0 Å². The van der Waals surface area contributed by atoms with Gasteiger partial charge in [0.15, 0.2) is 0 Å². The van der Waals surface area contributed by atoms with E-state index in [1.807, 2.05) is 12.1 Å². The molecule has 2 rings (SSSR count). The highest BCUT2D eigenvalue weighted by molar-refractivity contribution is 5.54. The Bertz CT molecular complexity index is 818. The fourth-order valence-electron chi connectivity index (χ4n) is 3.51. The van der Waals surface area contributed by atoms with Crippen molar-refractivity contribution in [2.75, 3.05) is 4.90 Å². The van der Waals surface area contributed by atoms with Crippen LogP contribution in [-0.2, 0) is 0 Å². The quantitative estimate of drug-likeness (QED) is 0.255. The van der Waals surface area contributed by atoms with Gasteiger partial charge in [-0.1, -0.05) is 68.7 Å². The molecule has 144 valence electrons. The highest BCUT2D eigenvalue weighted by Crippen LogP contribution is 2.32. The number of nitriles is 1. The number of rotatable bonds is 10. The number of hydrogen-bond donors (Lipinski definition) is 0. The number of allylic oxidation sites excluding steroid dienone is 7. The number of benzene rings is 1. The van der Waals surface area contributed by atoms with Gasteiger partial charge in [-0.25, -0.2) is 0 Å². The zero-order valence-corrected chi connectivity index (χ0v) is 16.8. The fourth-order valence-corrected chi connectivity index (χ4v) is 3.51. The second kappa shape index (κ2) is 10.9. The van der Waals surface area contributed by atoms with Crippen LogP contribution >= 0.6 is 0 Å². The minimum absolute atomic E-state index is 0.200. The molecule has 1 aliphatic carbocycles. The third kappa shape index (κ3) is 5.72. The average molecular weight is 371 g/mol. The predicted molar refractivity (Wildman–Crippen MR) is 121 cm³/mol. The van der Waals surface area contributed by atoms with E-state index in [1.54, 1.807) is 6.08 Å². The Morgan fingerprint density at radius 1 is 1.29 bits per heavy atom. The van der Waals surface area contributed by atoms with E-state index in [1.165, 1.54) is 0 Å². The Balaban J connectivity index is 2.18. The molecule has 0 amide bonds. The fraction of sp³-hybridized carbons (Fsp3) is 0.269. The van der Waals surface area contributed by atoms with Crippen LogP contribution in [0, 0.1) is 17.2 Å². The molecule has 28 heavy (non-hydrogen) atoms. The van der Waals surface area contributed by atoms with Crippen LogP contribution in [0.4, 0.5) is 5.69 Å². The molecular formula is C26H30N2. The van der Waals surface area contributed by atoms with Gasteiger partial charge >= 0.3 is 0 Å². The van der Waals surface area contributed by atoms with Crippen molar-refractivity contribution in [1.29, 1.82) is 5.26 Å². The first-order chi connectivity index (χ1) is 13.6. The molecular weight excluding hydrogens is 340 g/mol. The molecule has 0 saturated carbocycles. The van der Waals surface area contributed by atoms with Gasteiger partial charge in [0, 0.05) is 17.5 Å². The molecule has 0 fully saturated rings. The Kier molecular flexibility index (Phi) is 8.31. The summed E-state index contributed by atoms with van der Waals surface area (Å²) in [5, 5.41) is 9.12. The summed E-state index contributed by atoms with van der Waals surface area (Å²) in [6.07, 6.45) is 15.5. The lowest BCUT2D eigenvalue weighted by Gasteiger charge is -2.35.